The minimum atomic E-state index is 0.146. The highest BCUT2D eigenvalue weighted by Gasteiger charge is 2.16. The van der Waals surface area contributed by atoms with Crippen LogP contribution in [0, 0.1) is 5.92 Å². The molecule has 0 unspecified atom stereocenters. The first-order chi connectivity index (χ1) is 14.2. The molecular formula is C21H34N6OS. The largest absolute Gasteiger partial charge is 0.369 e. The monoisotopic (exact) mass is 418 g/mol. The Morgan fingerprint density at radius 3 is 2.79 bits per heavy atom. The first-order valence-corrected chi connectivity index (χ1v) is 12.1. The number of carbonyl (C=O) groups excluding carboxylic acids is 1. The summed E-state index contributed by atoms with van der Waals surface area (Å²) in [5.74, 6) is 2.74. The van der Waals surface area contributed by atoms with Gasteiger partial charge in [0.15, 0.2) is 10.8 Å². The smallest absolute Gasteiger partial charge is 0.220 e. The first-order valence-electron chi connectivity index (χ1n) is 11.1. The van der Waals surface area contributed by atoms with E-state index in [1.54, 1.807) is 11.8 Å². The van der Waals surface area contributed by atoms with E-state index in [1.165, 1.54) is 25.7 Å². The van der Waals surface area contributed by atoms with Gasteiger partial charge in [0.25, 0.3) is 0 Å². The average Bonchev–Trinajstić information content (AvgIpc) is 3.39. The van der Waals surface area contributed by atoms with Crippen LogP contribution in [0.1, 0.15) is 65.2 Å². The molecule has 160 valence electrons. The molecule has 3 rings (SSSR count). The van der Waals surface area contributed by atoms with Crippen molar-refractivity contribution in [2.75, 3.05) is 24.2 Å². The number of anilines is 1. The molecule has 0 atom stereocenters. The van der Waals surface area contributed by atoms with Gasteiger partial charge in [-0.2, -0.15) is 5.10 Å². The number of fused-ring (bicyclic) bond motifs is 1. The van der Waals surface area contributed by atoms with Gasteiger partial charge in [-0.1, -0.05) is 51.3 Å². The highest BCUT2D eigenvalue weighted by atomic mass is 32.2. The quantitative estimate of drug-likeness (QED) is 0.396. The lowest BCUT2D eigenvalue weighted by atomic mass is 10.0. The molecule has 0 aliphatic heterocycles. The van der Waals surface area contributed by atoms with Crippen LogP contribution in [0.15, 0.2) is 11.4 Å². The molecule has 2 heterocycles. The van der Waals surface area contributed by atoms with Gasteiger partial charge in [0, 0.05) is 25.3 Å². The molecule has 29 heavy (non-hydrogen) atoms. The van der Waals surface area contributed by atoms with Crippen LogP contribution in [-0.2, 0) is 11.3 Å². The summed E-state index contributed by atoms with van der Waals surface area (Å²) in [6.07, 6.45) is 10.8. The van der Waals surface area contributed by atoms with Crippen LogP contribution in [0.2, 0.25) is 0 Å². The van der Waals surface area contributed by atoms with Crippen LogP contribution in [0.5, 0.6) is 0 Å². The van der Waals surface area contributed by atoms with Crippen molar-refractivity contribution in [3.05, 3.63) is 6.20 Å². The van der Waals surface area contributed by atoms with Gasteiger partial charge in [-0.3, -0.25) is 4.79 Å². The predicted molar refractivity (Wildman–Crippen MR) is 119 cm³/mol. The molecule has 0 saturated heterocycles. The molecule has 0 bridgehead atoms. The minimum absolute atomic E-state index is 0.146. The van der Waals surface area contributed by atoms with Crippen LogP contribution in [-0.4, -0.2) is 44.5 Å². The number of thioether (sulfide) groups is 1. The van der Waals surface area contributed by atoms with Crippen LogP contribution in [0.25, 0.3) is 11.0 Å². The summed E-state index contributed by atoms with van der Waals surface area (Å²) in [6.45, 7) is 6.34. The fourth-order valence-corrected chi connectivity index (χ4v) is 4.45. The van der Waals surface area contributed by atoms with Crippen LogP contribution in [0.4, 0.5) is 5.82 Å². The minimum Gasteiger partial charge on any atom is -0.369 e. The number of nitrogens with one attached hydrogen (secondary N) is 2. The van der Waals surface area contributed by atoms with E-state index in [1.807, 2.05) is 10.9 Å². The maximum Gasteiger partial charge on any atom is 0.220 e. The molecule has 1 aliphatic rings. The summed E-state index contributed by atoms with van der Waals surface area (Å²) < 4.78 is 1.88. The number of nitrogens with zero attached hydrogens (tertiary/aromatic N) is 4. The molecule has 1 aliphatic carbocycles. The lowest BCUT2D eigenvalue weighted by Crippen LogP contribution is -2.27. The Hall–Kier alpha value is -1.83. The number of amides is 1. The van der Waals surface area contributed by atoms with Gasteiger partial charge in [-0.25, -0.2) is 14.6 Å². The molecule has 2 N–H and O–H groups in total. The number of carbonyl (C=O) groups is 1. The second kappa shape index (κ2) is 11.4. The topological polar surface area (TPSA) is 84.7 Å². The molecule has 2 aromatic heterocycles. The lowest BCUT2D eigenvalue weighted by Gasteiger charge is -2.10. The van der Waals surface area contributed by atoms with E-state index in [-0.39, 0.29) is 5.91 Å². The molecule has 2 aromatic rings. The predicted octanol–water partition coefficient (Wildman–Crippen LogP) is 4.24. The van der Waals surface area contributed by atoms with Crippen LogP contribution in [0.3, 0.4) is 0 Å². The molecule has 7 nitrogen and oxygen atoms in total. The third kappa shape index (κ3) is 6.32. The summed E-state index contributed by atoms with van der Waals surface area (Å²) in [5.41, 5.74) is 0.831. The SMILES string of the molecule is CCCNc1nc(SCCC)nc2c1cnn2CCNC(=O)CCC1CCCC1. The molecule has 1 fully saturated rings. The average molecular weight is 419 g/mol. The Bertz CT molecular complexity index is 787. The van der Waals surface area contributed by atoms with Gasteiger partial charge in [0.2, 0.25) is 5.91 Å². The van der Waals surface area contributed by atoms with Crippen LogP contribution < -0.4 is 10.6 Å². The van der Waals surface area contributed by atoms with E-state index in [0.29, 0.717) is 19.5 Å². The van der Waals surface area contributed by atoms with E-state index in [4.69, 9.17) is 4.98 Å². The highest BCUT2D eigenvalue weighted by molar-refractivity contribution is 7.99. The Balaban J connectivity index is 1.59. The summed E-state index contributed by atoms with van der Waals surface area (Å²) in [5, 5.41) is 12.7. The summed E-state index contributed by atoms with van der Waals surface area (Å²) in [7, 11) is 0. The number of hydrogen-bond donors (Lipinski definition) is 2. The lowest BCUT2D eigenvalue weighted by molar-refractivity contribution is -0.121. The molecular weight excluding hydrogens is 384 g/mol. The van der Waals surface area contributed by atoms with Crippen LogP contribution >= 0.6 is 11.8 Å². The van der Waals surface area contributed by atoms with E-state index in [2.05, 4.69) is 34.6 Å². The number of rotatable bonds is 12. The zero-order chi connectivity index (χ0) is 20.5. The third-order valence-corrected chi connectivity index (χ3v) is 6.41. The van der Waals surface area contributed by atoms with Gasteiger partial charge >= 0.3 is 0 Å². The Kier molecular flexibility index (Phi) is 8.58. The van der Waals surface area contributed by atoms with E-state index in [9.17, 15) is 4.79 Å². The van der Waals surface area contributed by atoms with Crippen molar-refractivity contribution in [3.8, 4) is 0 Å². The van der Waals surface area contributed by atoms with E-state index >= 15 is 0 Å². The molecule has 1 saturated carbocycles. The second-order valence-corrected chi connectivity index (χ2v) is 8.84. The Labute approximate surface area is 177 Å². The molecule has 1 amide bonds. The van der Waals surface area contributed by atoms with Crippen molar-refractivity contribution >= 4 is 34.5 Å². The van der Waals surface area contributed by atoms with Crippen molar-refractivity contribution < 1.29 is 4.79 Å². The third-order valence-electron chi connectivity index (χ3n) is 5.35. The molecule has 0 aromatic carbocycles. The normalized spacial score (nSPS) is 14.6. The zero-order valence-corrected chi connectivity index (χ0v) is 18.6. The fraction of sp³-hybridized carbons (Fsp3) is 0.714. The Morgan fingerprint density at radius 1 is 1.21 bits per heavy atom. The van der Waals surface area contributed by atoms with E-state index in [0.717, 1.165) is 59.5 Å². The van der Waals surface area contributed by atoms with Crippen molar-refractivity contribution in [1.29, 1.82) is 0 Å². The number of aromatic nitrogens is 4. The Morgan fingerprint density at radius 2 is 2.03 bits per heavy atom. The zero-order valence-electron chi connectivity index (χ0n) is 17.7. The van der Waals surface area contributed by atoms with Gasteiger partial charge in [-0.15, -0.1) is 0 Å². The summed E-state index contributed by atoms with van der Waals surface area (Å²) in [6, 6.07) is 0. The molecule has 0 spiro atoms. The summed E-state index contributed by atoms with van der Waals surface area (Å²) >= 11 is 1.67. The van der Waals surface area contributed by atoms with Crippen molar-refractivity contribution in [2.45, 2.75) is 76.9 Å². The van der Waals surface area contributed by atoms with Crippen molar-refractivity contribution in [1.82, 2.24) is 25.1 Å². The van der Waals surface area contributed by atoms with Gasteiger partial charge in [-0.05, 0) is 25.2 Å². The maximum atomic E-state index is 12.2. The fourth-order valence-electron chi connectivity index (χ4n) is 3.76. The van der Waals surface area contributed by atoms with Crippen molar-refractivity contribution in [3.63, 3.8) is 0 Å². The first kappa shape index (κ1) is 21.9. The second-order valence-electron chi connectivity index (χ2n) is 7.77. The summed E-state index contributed by atoms with van der Waals surface area (Å²) in [4.78, 5) is 21.6. The van der Waals surface area contributed by atoms with Gasteiger partial charge in [0.05, 0.1) is 18.1 Å². The van der Waals surface area contributed by atoms with Crippen molar-refractivity contribution in [2.24, 2.45) is 5.92 Å². The molecule has 8 heteroatoms. The highest BCUT2D eigenvalue weighted by Crippen LogP contribution is 2.28. The molecule has 0 radical (unpaired) electrons. The van der Waals surface area contributed by atoms with E-state index < -0.39 is 0 Å². The van der Waals surface area contributed by atoms with Gasteiger partial charge < -0.3 is 10.6 Å². The standard InChI is InChI=1S/C21H34N6OS/c1-3-11-23-19-17-15-24-27(20(17)26-21(25-19)29-14-4-2)13-12-22-18(28)10-9-16-7-5-6-8-16/h15-16H,3-14H2,1-2H3,(H,22,28)(H,23,25,26). The maximum absolute atomic E-state index is 12.2. The van der Waals surface area contributed by atoms with Gasteiger partial charge in [0.1, 0.15) is 5.82 Å². The number of hydrogen-bond acceptors (Lipinski definition) is 6.